The van der Waals surface area contributed by atoms with Gasteiger partial charge in [0.1, 0.15) is 40.2 Å². The number of imidazole rings is 1. The van der Waals surface area contributed by atoms with E-state index in [2.05, 4.69) is 4.98 Å². The molecule has 5 aromatic rings. The number of nitrogens with one attached hydrogen (secondary N) is 1. The Kier molecular flexibility index (Phi) is 6.90. The molecule has 0 atom stereocenters. The van der Waals surface area contributed by atoms with Gasteiger partial charge in [0.15, 0.2) is 5.76 Å². The first-order chi connectivity index (χ1) is 19.1. The van der Waals surface area contributed by atoms with Crippen LogP contribution in [0.1, 0.15) is 61.8 Å². The van der Waals surface area contributed by atoms with Crippen molar-refractivity contribution in [1.29, 1.82) is 0 Å². The third-order valence-corrected chi connectivity index (χ3v) is 7.19. The Morgan fingerprint density at radius 3 is 2.29 bits per heavy atom. The molecule has 3 aromatic heterocycles. The number of rotatable bonds is 6. The van der Waals surface area contributed by atoms with Gasteiger partial charge < -0.3 is 23.8 Å². The number of hydrogen-bond donors (Lipinski definition) is 2. The lowest BCUT2D eigenvalue weighted by molar-refractivity contribution is 0.0745. The highest BCUT2D eigenvalue weighted by Gasteiger charge is 2.27. The number of nitrogens with zero attached hydrogens (tertiary/aromatic N) is 2. The molecule has 2 N–H and O–H groups in total. The molecule has 41 heavy (non-hydrogen) atoms. The molecule has 7 nitrogen and oxygen atoms in total. The minimum atomic E-state index is -1.52. The number of pyridine rings is 1. The summed E-state index contributed by atoms with van der Waals surface area (Å²) < 4.78 is 43.4. The van der Waals surface area contributed by atoms with Crippen molar-refractivity contribution in [3.8, 4) is 34.1 Å². The van der Waals surface area contributed by atoms with Crippen LogP contribution >= 0.6 is 0 Å². The summed E-state index contributed by atoms with van der Waals surface area (Å²) in [5, 5.41) is 11.1. The van der Waals surface area contributed by atoms with Gasteiger partial charge in [-0.05, 0) is 70.0 Å². The van der Waals surface area contributed by atoms with Crippen molar-refractivity contribution < 1.29 is 23.0 Å². The van der Waals surface area contributed by atoms with Crippen molar-refractivity contribution in [2.75, 3.05) is 0 Å². The van der Waals surface area contributed by atoms with Gasteiger partial charge in [0.25, 0.3) is 5.56 Å². The molecule has 0 unspecified atom stereocenters. The van der Waals surface area contributed by atoms with Crippen LogP contribution in [0.2, 0.25) is 0 Å². The van der Waals surface area contributed by atoms with Crippen LogP contribution in [-0.4, -0.2) is 19.6 Å². The van der Waals surface area contributed by atoms with E-state index in [1.165, 1.54) is 42.7 Å². The maximum Gasteiger partial charge on any atom is 0.261 e. The summed E-state index contributed by atoms with van der Waals surface area (Å²) in [4.78, 5) is 21.2. The third kappa shape index (κ3) is 5.06. The summed E-state index contributed by atoms with van der Waals surface area (Å²) in [6.45, 7) is 12.3. The van der Waals surface area contributed by atoms with Gasteiger partial charge >= 0.3 is 0 Å². The van der Waals surface area contributed by atoms with Gasteiger partial charge in [0.05, 0.1) is 11.0 Å². The first kappa shape index (κ1) is 28.3. The standard InChI is InChI=1S/C32H33F2N3O4/c1-15(2)30-35-18(5)27(36-30)26-12-21-29(41-26)22(14-37(8)31(21)38)20-11-23(32(6,7)39)24(34)13-25(20)40-28-16(3)9-19(33)10-17(28)4/h9-15,39H,1-8H3,(H,35,36). The highest BCUT2D eigenvalue weighted by Crippen LogP contribution is 2.43. The number of aryl methyl sites for hydroxylation is 4. The van der Waals surface area contributed by atoms with Crippen molar-refractivity contribution >= 4 is 11.0 Å². The number of benzene rings is 2. The number of aromatic nitrogens is 3. The molecule has 0 saturated carbocycles. The molecule has 2 aromatic carbocycles. The fourth-order valence-corrected chi connectivity index (χ4v) is 5.04. The van der Waals surface area contributed by atoms with Gasteiger partial charge in [-0.3, -0.25) is 4.79 Å². The number of aromatic amines is 1. The predicted molar refractivity (Wildman–Crippen MR) is 154 cm³/mol. The zero-order valence-corrected chi connectivity index (χ0v) is 24.4. The first-order valence-corrected chi connectivity index (χ1v) is 13.4. The molecule has 214 valence electrons. The number of furan rings is 1. The zero-order chi connectivity index (χ0) is 30.0. The number of H-pyrrole nitrogens is 1. The van der Waals surface area contributed by atoms with E-state index in [0.29, 0.717) is 44.8 Å². The Balaban J connectivity index is 1.80. The Morgan fingerprint density at radius 1 is 1.05 bits per heavy atom. The van der Waals surface area contributed by atoms with Crippen LogP contribution in [0.5, 0.6) is 11.5 Å². The molecule has 0 bridgehead atoms. The van der Waals surface area contributed by atoms with E-state index in [1.54, 1.807) is 33.2 Å². The average molecular weight is 562 g/mol. The second-order valence-corrected chi connectivity index (χ2v) is 11.4. The van der Waals surface area contributed by atoms with Crippen LogP contribution in [0, 0.1) is 32.4 Å². The van der Waals surface area contributed by atoms with Crippen molar-refractivity contribution in [2.24, 2.45) is 7.05 Å². The molecule has 5 rings (SSSR count). The Labute approximate surface area is 236 Å². The molecule has 0 spiro atoms. The Hall–Kier alpha value is -4.24. The lowest BCUT2D eigenvalue weighted by Gasteiger charge is -2.22. The van der Waals surface area contributed by atoms with Crippen molar-refractivity contribution in [1.82, 2.24) is 14.5 Å². The van der Waals surface area contributed by atoms with Crippen molar-refractivity contribution in [3.05, 3.63) is 86.7 Å². The van der Waals surface area contributed by atoms with Gasteiger partial charge in [0, 0.05) is 47.6 Å². The molecular formula is C32H33F2N3O4. The lowest BCUT2D eigenvalue weighted by atomic mass is 9.93. The van der Waals surface area contributed by atoms with Crippen molar-refractivity contribution in [3.63, 3.8) is 0 Å². The fourth-order valence-electron chi connectivity index (χ4n) is 5.04. The first-order valence-electron chi connectivity index (χ1n) is 13.4. The summed E-state index contributed by atoms with van der Waals surface area (Å²) >= 11 is 0. The number of halogens is 2. The van der Waals surface area contributed by atoms with Gasteiger partial charge in [0.2, 0.25) is 0 Å². The number of fused-ring (bicyclic) bond motifs is 1. The summed E-state index contributed by atoms with van der Waals surface area (Å²) in [5.74, 6) is 0.758. The summed E-state index contributed by atoms with van der Waals surface area (Å²) in [6, 6.07) is 7.02. The average Bonchev–Trinajstić information content (AvgIpc) is 3.47. The SMILES string of the molecule is Cc1cc(F)cc(C)c1Oc1cc(F)c(C(C)(C)O)cc1-c1cn(C)c(=O)c2cc(-c3nc(C(C)C)[nH]c3C)oc12. The maximum absolute atomic E-state index is 15.4. The molecule has 0 fully saturated rings. The van der Waals surface area contributed by atoms with E-state index in [0.717, 1.165) is 11.5 Å². The largest absolute Gasteiger partial charge is 0.456 e. The van der Waals surface area contributed by atoms with Crippen LogP contribution in [0.4, 0.5) is 8.78 Å². The van der Waals surface area contributed by atoms with Crippen LogP contribution in [0.15, 0.2) is 45.7 Å². The smallest absolute Gasteiger partial charge is 0.261 e. The lowest BCUT2D eigenvalue weighted by Crippen LogP contribution is -2.18. The van der Waals surface area contributed by atoms with E-state index in [4.69, 9.17) is 14.1 Å². The van der Waals surface area contributed by atoms with Gasteiger partial charge in [-0.2, -0.15) is 0 Å². The van der Waals surface area contributed by atoms with Gasteiger partial charge in [-0.1, -0.05) is 13.8 Å². The quantitative estimate of drug-likeness (QED) is 0.223. The summed E-state index contributed by atoms with van der Waals surface area (Å²) in [7, 11) is 1.61. The summed E-state index contributed by atoms with van der Waals surface area (Å²) in [5.41, 5.74) is 1.77. The zero-order valence-electron chi connectivity index (χ0n) is 24.4. The molecular weight excluding hydrogens is 528 g/mol. The van der Waals surface area contributed by atoms with E-state index in [1.807, 2.05) is 20.8 Å². The minimum Gasteiger partial charge on any atom is -0.456 e. The molecule has 3 heterocycles. The second-order valence-electron chi connectivity index (χ2n) is 11.4. The molecule has 0 aliphatic carbocycles. The number of aliphatic hydroxyl groups is 1. The molecule has 0 saturated heterocycles. The highest BCUT2D eigenvalue weighted by molar-refractivity contribution is 5.95. The van der Waals surface area contributed by atoms with Crippen LogP contribution in [0.3, 0.4) is 0 Å². The normalized spacial score (nSPS) is 12.1. The topological polar surface area (TPSA) is 93.3 Å². The van der Waals surface area contributed by atoms with E-state index < -0.39 is 17.2 Å². The molecule has 0 aliphatic rings. The Bertz CT molecular complexity index is 1850. The van der Waals surface area contributed by atoms with E-state index in [-0.39, 0.29) is 28.4 Å². The van der Waals surface area contributed by atoms with Gasteiger partial charge in [-0.15, -0.1) is 0 Å². The van der Waals surface area contributed by atoms with Crippen LogP contribution in [0.25, 0.3) is 33.6 Å². The second kappa shape index (κ2) is 9.99. The maximum atomic E-state index is 15.4. The van der Waals surface area contributed by atoms with Crippen molar-refractivity contribution in [2.45, 2.75) is 60.0 Å². The third-order valence-electron chi connectivity index (χ3n) is 7.19. The number of ether oxygens (including phenoxy) is 1. The Morgan fingerprint density at radius 2 is 1.71 bits per heavy atom. The fraction of sp³-hybridized carbons (Fsp3) is 0.312. The highest BCUT2D eigenvalue weighted by atomic mass is 19.1. The molecule has 0 aliphatic heterocycles. The molecule has 0 amide bonds. The van der Waals surface area contributed by atoms with Crippen LogP contribution < -0.4 is 10.3 Å². The summed E-state index contributed by atoms with van der Waals surface area (Å²) in [6.07, 6.45) is 1.59. The number of hydrogen-bond acceptors (Lipinski definition) is 5. The minimum absolute atomic E-state index is 0.0332. The van der Waals surface area contributed by atoms with Crippen LogP contribution in [-0.2, 0) is 12.6 Å². The molecule has 0 radical (unpaired) electrons. The van der Waals surface area contributed by atoms with E-state index >= 15 is 4.39 Å². The predicted octanol–water partition coefficient (Wildman–Crippen LogP) is 7.54. The van der Waals surface area contributed by atoms with Gasteiger partial charge in [-0.25, -0.2) is 13.8 Å². The molecule has 9 heteroatoms. The van der Waals surface area contributed by atoms with E-state index in [9.17, 15) is 14.3 Å². The monoisotopic (exact) mass is 561 g/mol.